The number of esters is 1. The molecular formula is C15H15N3O5. The largest absolute Gasteiger partial charge is 0.465 e. The number of aliphatic hydroxyl groups is 1. The Morgan fingerprint density at radius 3 is 2.70 bits per heavy atom. The molecule has 0 saturated carbocycles. The van der Waals surface area contributed by atoms with Gasteiger partial charge in [0.05, 0.1) is 24.2 Å². The number of aromatic nitrogens is 1. The molecule has 2 N–H and O–H groups in total. The fourth-order valence-electron chi connectivity index (χ4n) is 2.02. The van der Waals surface area contributed by atoms with Crippen LogP contribution >= 0.6 is 0 Å². The Kier molecular flexibility index (Phi) is 5.21. The fourth-order valence-corrected chi connectivity index (χ4v) is 2.02. The van der Waals surface area contributed by atoms with E-state index in [2.05, 4.69) is 15.0 Å². The number of hydrogen-bond donors (Lipinski definition) is 2. The predicted octanol–water partition coefficient (Wildman–Crippen LogP) is 1.88. The Morgan fingerprint density at radius 1 is 1.39 bits per heavy atom. The molecule has 0 amide bonds. The highest BCUT2D eigenvalue weighted by atomic mass is 16.6. The molecule has 23 heavy (non-hydrogen) atoms. The van der Waals surface area contributed by atoms with Crippen LogP contribution in [-0.2, 0) is 17.9 Å². The first-order valence-corrected chi connectivity index (χ1v) is 6.71. The van der Waals surface area contributed by atoms with Crippen molar-refractivity contribution in [2.75, 3.05) is 12.4 Å². The number of ether oxygens (including phenoxy) is 1. The van der Waals surface area contributed by atoms with Gasteiger partial charge < -0.3 is 15.2 Å². The fraction of sp³-hybridized carbons (Fsp3) is 0.200. The van der Waals surface area contributed by atoms with Crippen molar-refractivity contribution in [2.24, 2.45) is 0 Å². The molecule has 0 aliphatic rings. The Balaban J connectivity index is 2.25. The number of methoxy groups -OCH3 is 1. The van der Waals surface area contributed by atoms with Gasteiger partial charge in [-0.2, -0.15) is 0 Å². The molecule has 8 nitrogen and oxygen atoms in total. The van der Waals surface area contributed by atoms with E-state index in [0.717, 1.165) is 11.6 Å². The third-order valence-corrected chi connectivity index (χ3v) is 3.22. The summed E-state index contributed by atoms with van der Waals surface area (Å²) in [5.74, 6) is -0.659. The topological polar surface area (TPSA) is 115 Å². The van der Waals surface area contributed by atoms with E-state index in [0.29, 0.717) is 5.56 Å². The minimum Gasteiger partial charge on any atom is -0.465 e. The number of benzene rings is 1. The second kappa shape index (κ2) is 7.32. The van der Waals surface area contributed by atoms with Gasteiger partial charge in [0.2, 0.25) is 5.82 Å². The summed E-state index contributed by atoms with van der Waals surface area (Å²) in [6.45, 7) is 0.122. The minimum absolute atomic E-state index is 0.000471. The van der Waals surface area contributed by atoms with Crippen LogP contribution in [0.25, 0.3) is 0 Å². The van der Waals surface area contributed by atoms with E-state index in [9.17, 15) is 20.0 Å². The minimum atomic E-state index is -0.697. The SMILES string of the molecule is COC(=O)c1cnc(NCc2ccccc2CO)c([N+](=O)[O-])c1. The second-order valence-corrected chi connectivity index (χ2v) is 4.62. The van der Waals surface area contributed by atoms with Crippen molar-refractivity contribution < 1.29 is 19.6 Å². The van der Waals surface area contributed by atoms with Gasteiger partial charge in [-0.15, -0.1) is 0 Å². The molecule has 0 spiro atoms. The molecular weight excluding hydrogens is 302 g/mol. The lowest BCUT2D eigenvalue weighted by Crippen LogP contribution is -2.09. The van der Waals surface area contributed by atoms with Crippen molar-refractivity contribution in [1.29, 1.82) is 0 Å². The normalized spacial score (nSPS) is 10.2. The van der Waals surface area contributed by atoms with Gasteiger partial charge in [-0.05, 0) is 11.1 Å². The molecule has 120 valence electrons. The maximum atomic E-state index is 11.4. The van der Waals surface area contributed by atoms with Crippen LogP contribution in [0.4, 0.5) is 11.5 Å². The van der Waals surface area contributed by atoms with Gasteiger partial charge in [0.25, 0.3) is 0 Å². The van der Waals surface area contributed by atoms with Crippen LogP contribution in [0.2, 0.25) is 0 Å². The first kappa shape index (κ1) is 16.4. The van der Waals surface area contributed by atoms with Gasteiger partial charge in [-0.25, -0.2) is 9.78 Å². The molecule has 0 radical (unpaired) electrons. The maximum absolute atomic E-state index is 11.4. The van der Waals surface area contributed by atoms with Crippen LogP contribution in [0.15, 0.2) is 36.5 Å². The number of nitrogens with one attached hydrogen (secondary N) is 1. The number of nitro groups is 1. The average Bonchev–Trinajstić information content (AvgIpc) is 2.59. The van der Waals surface area contributed by atoms with E-state index in [-0.39, 0.29) is 30.2 Å². The maximum Gasteiger partial charge on any atom is 0.339 e. The van der Waals surface area contributed by atoms with E-state index in [1.165, 1.54) is 13.3 Å². The van der Waals surface area contributed by atoms with E-state index < -0.39 is 10.9 Å². The van der Waals surface area contributed by atoms with E-state index in [1.54, 1.807) is 24.3 Å². The second-order valence-electron chi connectivity index (χ2n) is 4.62. The Hall–Kier alpha value is -3.00. The average molecular weight is 317 g/mol. The highest BCUT2D eigenvalue weighted by Crippen LogP contribution is 2.24. The third kappa shape index (κ3) is 3.80. The van der Waals surface area contributed by atoms with Crippen molar-refractivity contribution >= 4 is 17.5 Å². The quantitative estimate of drug-likeness (QED) is 0.475. The van der Waals surface area contributed by atoms with E-state index in [4.69, 9.17) is 0 Å². The molecule has 0 aliphatic carbocycles. The monoisotopic (exact) mass is 317 g/mol. The highest BCUT2D eigenvalue weighted by Gasteiger charge is 2.19. The molecule has 0 atom stereocenters. The zero-order chi connectivity index (χ0) is 16.8. The van der Waals surface area contributed by atoms with Crippen LogP contribution in [0, 0.1) is 10.1 Å². The number of aliphatic hydroxyl groups excluding tert-OH is 1. The van der Waals surface area contributed by atoms with Gasteiger partial charge in [-0.1, -0.05) is 24.3 Å². The number of anilines is 1. The summed E-state index contributed by atoms with van der Waals surface area (Å²) < 4.78 is 4.52. The Labute approximate surface area is 131 Å². The molecule has 0 saturated heterocycles. The molecule has 0 bridgehead atoms. The molecule has 2 aromatic rings. The zero-order valence-corrected chi connectivity index (χ0v) is 12.4. The van der Waals surface area contributed by atoms with Gasteiger partial charge >= 0.3 is 11.7 Å². The van der Waals surface area contributed by atoms with Gasteiger partial charge in [-0.3, -0.25) is 10.1 Å². The molecule has 1 aromatic heterocycles. The summed E-state index contributed by atoms with van der Waals surface area (Å²) in [7, 11) is 1.19. The van der Waals surface area contributed by atoms with Crippen LogP contribution in [0.3, 0.4) is 0 Å². The van der Waals surface area contributed by atoms with Crippen LogP contribution < -0.4 is 5.32 Å². The van der Waals surface area contributed by atoms with E-state index >= 15 is 0 Å². The highest BCUT2D eigenvalue weighted by molar-refractivity contribution is 5.90. The molecule has 0 aliphatic heterocycles. The number of rotatable bonds is 6. The zero-order valence-electron chi connectivity index (χ0n) is 12.4. The summed E-state index contributed by atoms with van der Waals surface area (Å²) in [6, 6.07) is 8.27. The van der Waals surface area contributed by atoms with Crippen LogP contribution in [0.5, 0.6) is 0 Å². The summed E-state index contributed by atoms with van der Waals surface area (Å²) in [6.07, 6.45) is 1.21. The molecule has 2 rings (SSSR count). The van der Waals surface area contributed by atoms with Gasteiger partial charge in [0.15, 0.2) is 0 Å². The van der Waals surface area contributed by atoms with Crippen LogP contribution in [0.1, 0.15) is 21.5 Å². The lowest BCUT2D eigenvalue weighted by Gasteiger charge is -2.10. The van der Waals surface area contributed by atoms with Gasteiger partial charge in [0.1, 0.15) is 0 Å². The summed E-state index contributed by atoms with van der Waals surface area (Å²) in [5.41, 5.74) is 1.19. The summed E-state index contributed by atoms with van der Waals surface area (Å²) in [5, 5.41) is 23.3. The predicted molar refractivity (Wildman–Crippen MR) is 81.9 cm³/mol. The molecule has 1 heterocycles. The van der Waals surface area contributed by atoms with Crippen LogP contribution in [-0.4, -0.2) is 28.1 Å². The standard InChI is InChI=1S/C15H15N3O5/c1-23-15(20)12-6-13(18(21)22)14(17-8-12)16-7-10-4-2-3-5-11(10)9-19/h2-6,8,19H,7,9H2,1H3,(H,16,17). The summed E-state index contributed by atoms with van der Waals surface area (Å²) in [4.78, 5) is 25.9. The number of nitrogens with zero attached hydrogens (tertiary/aromatic N) is 2. The Bertz CT molecular complexity index is 733. The molecule has 8 heteroatoms. The van der Waals surface area contributed by atoms with Crippen molar-refractivity contribution in [3.63, 3.8) is 0 Å². The Morgan fingerprint density at radius 2 is 2.09 bits per heavy atom. The van der Waals surface area contributed by atoms with Crippen molar-refractivity contribution in [3.05, 3.63) is 63.3 Å². The first-order chi connectivity index (χ1) is 11.1. The van der Waals surface area contributed by atoms with Gasteiger partial charge in [0, 0.05) is 18.8 Å². The lowest BCUT2D eigenvalue weighted by atomic mass is 10.1. The molecule has 0 fully saturated rings. The number of pyridine rings is 1. The number of hydrogen-bond acceptors (Lipinski definition) is 7. The number of carbonyl (C=O) groups excluding carboxylic acids is 1. The molecule has 1 aromatic carbocycles. The smallest absolute Gasteiger partial charge is 0.339 e. The number of carbonyl (C=O) groups is 1. The first-order valence-electron chi connectivity index (χ1n) is 6.71. The molecule has 0 unspecified atom stereocenters. The van der Waals surface area contributed by atoms with E-state index in [1.807, 2.05) is 0 Å². The summed E-state index contributed by atoms with van der Waals surface area (Å²) >= 11 is 0. The van der Waals surface area contributed by atoms with Crippen molar-refractivity contribution in [3.8, 4) is 0 Å². The van der Waals surface area contributed by atoms with Crippen molar-refractivity contribution in [1.82, 2.24) is 4.98 Å². The lowest BCUT2D eigenvalue weighted by molar-refractivity contribution is -0.384. The third-order valence-electron chi connectivity index (χ3n) is 3.22. The van der Waals surface area contributed by atoms with Crippen molar-refractivity contribution in [2.45, 2.75) is 13.2 Å².